The number of para-hydroxylation sites is 1. The third kappa shape index (κ3) is 5.30. The summed E-state index contributed by atoms with van der Waals surface area (Å²) in [6.45, 7) is 3.15. The lowest BCUT2D eigenvalue weighted by Gasteiger charge is -2.23. The Balaban J connectivity index is 0.00000225. The highest BCUT2D eigenvalue weighted by molar-refractivity contribution is 5.85. The Bertz CT molecular complexity index is 760. The molecule has 1 saturated carbocycles. The number of fused-ring (bicyclic) bond motifs is 1. The summed E-state index contributed by atoms with van der Waals surface area (Å²) >= 11 is 0. The molecule has 1 aliphatic carbocycles. The second kappa shape index (κ2) is 10.3. The van der Waals surface area contributed by atoms with E-state index in [1.54, 1.807) is 0 Å². The van der Waals surface area contributed by atoms with Crippen molar-refractivity contribution >= 4 is 29.2 Å². The molecule has 2 heterocycles. The summed E-state index contributed by atoms with van der Waals surface area (Å²) in [7, 11) is 0. The standard InChI is InChI=1S/C23H33N3O.ClH/c27-23(25-20-12-14-24-15-13-20)11-10-19-17-26(16-18-6-2-1-3-7-18)22-9-5-4-8-21(19)22;/h4-5,8-9,17-18,20,24H,1-3,6-7,10-16H2,(H,25,27);1H. The van der Waals surface area contributed by atoms with Gasteiger partial charge in [0.05, 0.1) is 0 Å². The minimum Gasteiger partial charge on any atom is -0.353 e. The van der Waals surface area contributed by atoms with Crippen molar-refractivity contribution in [2.75, 3.05) is 13.1 Å². The van der Waals surface area contributed by atoms with E-state index in [0.717, 1.165) is 44.8 Å². The zero-order valence-electron chi connectivity index (χ0n) is 16.8. The van der Waals surface area contributed by atoms with Gasteiger partial charge in [0.15, 0.2) is 0 Å². The largest absolute Gasteiger partial charge is 0.353 e. The van der Waals surface area contributed by atoms with Gasteiger partial charge in [-0.15, -0.1) is 12.4 Å². The molecule has 1 amide bonds. The molecule has 4 nitrogen and oxygen atoms in total. The zero-order chi connectivity index (χ0) is 18.5. The highest BCUT2D eigenvalue weighted by Gasteiger charge is 2.18. The summed E-state index contributed by atoms with van der Waals surface area (Å²) in [5.41, 5.74) is 2.65. The van der Waals surface area contributed by atoms with E-state index in [4.69, 9.17) is 0 Å². The molecule has 2 aliphatic rings. The molecule has 1 saturated heterocycles. The van der Waals surface area contributed by atoms with E-state index in [1.807, 2.05) is 0 Å². The van der Waals surface area contributed by atoms with Crippen molar-refractivity contribution in [3.05, 3.63) is 36.0 Å². The quantitative estimate of drug-likeness (QED) is 0.748. The number of nitrogens with one attached hydrogen (secondary N) is 2. The first-order valence-electron chi connectivity index (χ1n) is 10.9. The second-order valence-corrected chi connectivity index (χ2v) is 8.42. The van der Waals surface area contributed by atoms with Gasteiger partial charge < -0.3 is 15.2 Å². The minimum atomic E-state index is 0. The molecule has 1 aromatic carbocycles. The van der Waals surface area contributed by atoms with Crippen LogP contribution in [0.25, 0.3) is 10.9 Å². The molecule has 5 heteroatoms. The highest BCUT2D eigenvalue weighted by atomic mass is 35.5. The van der Waals surface area contributed by atoms with Crippen molar-refractivity contribution in [2.24, 2.45) is 5.92 Å². The van der Waals surface area contributed by atoms with Gasteiger partial charge in [0.1, 0.15) is 0 Å². The maximum absolute atomic E-state index is 12.4. The molecule has 2 aromatic rings. The van der Waals surface area contributed by atoms with Crippen LogP contribution < -0.4 is 10.6 Å². The Labute approximate surface area is 174 Å². The summed E-state index contributed by atoms with van der Waals surface area (Å²) < 4.78 is 2.45. The van der Waals surface area contributed by atoms with E-state index in [9.17, 15) is 4.79 Å². The SMILES string of the molecule is Cl.O=C(CCc1cn(CC2CCCCC2)c2ccccc12)NC1CCNCC1. The van der Waals surface area contributed by atoms with Gasteiger partial charge in [-0.2, -0.15) is 0 Å². The summed E-state index contributed by atoms with van der Waals surface area (Å²) in [5.74, 6) is 1.01. The second-order valence-electron chi connectivity index (χ2n) is 8.42. The summed E-state index contributed by atoms with van der Waals surface area (Å²) in [6.07, 6.45) is 12.7. The number of carbonyl (C=O) groups is 1. The van der Waals surface area contributed by atoms with Crippen LogP contribution in [-0.4, -0.2) is 29.6 Å². The number of benzene rings is 1. The first-order valence-corrected chi connectivity index (χ1v) is 10.9. The number of carbonyl (C=O) groups excluding carboxylic acids is 1. The van der Waals surface area contributed by atoms with E-state index in [1.165, 1.54) is 48.6 Å². The lowest BCUT2D eigenvalue weighted by Crippen LogP contribution is -2.42. The van der Waals surface area contributed by atoms with Crippen LogP contribution in [0.2, 0.25) is 0 Å². The topological polar surface area (TPSA) is 46.1 Å². The number of piperidine rings is 1. The van der Waals surface area contributed by atoms with Gasteiger partial charge in [0.2, 0.25) is 5.91 Å². The molecular formula is C23H34ClN3O. The first kappa shape index (κ1) is 21.2. The van der Waals surface area contributed by atoms with E-state index in [0.29, 0.717) is 12.5 Å². The Kier molecular flexibility index (Phi) is 7.81. The highest BCUT2D eigenvalue weighted by Crippen LogP contribution is 2.29. The Morgan fingerprint density at radius 3 is 2.61 bits per heavy atom. The van der Waals surface area contributed by atoms with Crippen LogP contribution in [0.4, 0.5) is 0 Å². The van der Waals surface area contributed by atoms with Crippen LogP contribution in [0, 0.1) is 5.92 Å². The molecule has 1 aromatic heterocycles. The number of amides is 1. The number of aromatic nitrogens is 1. The zero-order valence-corrected chi connectivity index (χ0v) is 17.6. The van der Waals surface area contributed by atoms with Gasteiger partial charge in [-0.1, -0.05) is 37.5 Å². The normalized spacial score (nSPS) is 18.7. The molecular weight excluding hydrogens is 370 g/mol. The maximum Gasteiger partial charge on any atom is 0.220 e. The molecule has 0 unspecified atom stereocenters. The van der Waals surface area contributed by atoms with Crippen LogP contribution in [-0.2, 0) is 17.8 Å². The van der Waals surface area contributed by atoms with Gasteiger partial charge in [-0.25, -0.2) is 0 Å². The number of halogens is 1. The molecule has 0 atom stereocenters. The summed E-state index contributed by atoms with van der Waals surface area (Å²) in [6, 6.07) is 9.05. The van der Waals surface area contributed by atoms with Gasteiger partial charge in [0, 0.05) is 36.1 Å². The van der Waals surface area contributed by atoms with Crippen molar-refractivity contribution < 1.29 is 4.79 Å². The molecule has 154 valence electrons. The van der Waals surface area contributed by atoms with Crippen LogP contribution in [0.5, 0.6) is 0 Å². The van der Waals surface area contributed by atoms with E-state index in [2.05, 4.69) is 45.7 Å². The number of rotatable bonds is 6. The molecule has 1 aliphatic heterocycles. The molecule has 0 radical (unpaired) electrons. The van der Waals surface area contributed by atoms with Gasteiger partial charge in [-0.05, 0) is 62.7 Å². The fourth-order valence-corrected chi connectivity index (χ4v) is 4.84. The summed E-state index contributed by atoms with van der Waals surface area (Å²) in [4.78, 5) is 12.4. The lowest BCUT2D eigenvalue weighted by atomic mass is 9.89. The fraction of sp³-hybridized carbons (Fsp3) is 0.609. The van der Waals surface area contributed by atoms with Gasteiger partial charge in [0.25, 0.3) is 0 Å². The predicted octanol–water partition coefficient (Wildman–Crippen LogP) is 4.44. The molecule has 4 rings (SSSR count). The van der Waals surface area contributed by atoms with Crippen LogP contribution in [0.1, 0.15) is 56.9 Å². The average molecular weight is 404 g/mol. The lowest BCUT2D eigenvalue weighted by molar-refractivity contribution is -0.121. The van der Waals surface area contributed by atoms with E-state index >= 15 is 0 Å². The Hall–Kier alpha value is -1.52. The van der Waals surface area contributed by atoms with Crippen molar-refractivity contribution in [1.29, 1.82) is 0 Å². The van der Waals surface area contributed by atoms with Crippen molar-refractivity contribution in [3.63, 3.8) is 0 Å². The third-order valence-corrected chi connectivity index (χ3v) is 6.38. The van der Waals surface area contributed by atoms with Crippen molar-refractivity contribution in [1.82, 2.24) is 15.2 Å². The monoisotopic (exact) mass is 403 g/mol. The van der Waals surface area contributed by atoms with Crippen molar-refractivity contribution in [3.8, 4) is 0 Å². The fourth-order valence-electron chi connectivity index (χ4n) is 4.84. The number of aryl methyl sites for hydroxylation is 1. The molecule has 2 N–H and O–H groups in total. The van der Waals surface area contributed by atoms with E-state index in [-0.39, 0.29) is 18.3 Å². The van der Waals surface area contributed by atoms with E-state index < -0.39 is 0 Å². The maximum atomic E-state index is 12.4. The van der Waals surface area contributed by atoms with Crippen LogP contribution in [0.15, 0.2) is 30.5 Å². The van der Waals surface area contributed by atoms with Crippen LogP contribution >= 0.6 is 12.4 Å². The molecule has 0 bridgehead atoms. The molecule has 2 fully saturated rings. The average Bonchev–Trinajstić information content (AvgIpc) is 3.06. The first-order chi connectivity index (χ1) is 13.3. The smallest absolute Gasteiger partial charge is 0.220 e. The van der Waals surface area contributed by atoms with Crippen molar-refractivity contribution in [2.45, 2.75) is 70.4 Å². The molecule has 28 heavy (non-hydrogen) atoms. The van der Waals surface area contributed by atoms with Gasteiger partial charge >= 0.3 is 0 Å². The number of hydrogen-bond acceptors (Lipinski definition) is 2. The minimum absolute atomic E-state index is 0. The van der Waals surface area contributed by atoms with Crippen LogP contribution in [0.3, 0.4) is 0 Å². The number of hydrogen-bond donors (Lipinski definition) is 2. The number of nitrogens with zero attached hydrogens (tertiary/aromatic N) is 1. The predicted molar refractivity (Wildman–Crippen MR) is 118 cm³/mol. The summed E-state index contributed by atoms with van der Waals surface area (Å²) in [5, 5.41) is 7.89. The molecule has 0 spiro atoms. The van der Waals surface area contributed by atoms with Gasteiger partial charge in [-0.3, -0.25) is 4.79 Å². The Morgan fingerprint density at radius 1 is 1.07 bits per heavy atom. The third-order valence-electron chi connectivity index (χ3n) is 6.38. The Morgan fingerprint density at radius 2 is 1.82 bits per heavy atom.